The number of rotatable bonds is 5. The van der Waals surface area contributed by atoms with Gasteiger partial charge in [0.25, 0.3) is 0 Å². The van der Waals surface area contributed by atoms with Crippen LogP contribution in [-0.4, -0.2) is 25.1 Å². The highest BCUT2D eigenvalue weighted by molar-refractivity contribution is 6.00. The monoisotopic (exact) mass is 362 g/mol. The largest absolute Gasteiger partial charge is 0.493 e. The zero-order chi connectivity index (χ0) is 18.8. The third-order valence-corrected chi connectivity index (χ3v) is 5.19. The first kappa shape index (κ1) is 17.3. The number of methoxy groups -OCH3 is 2. The number of fused-ring (bicyclic) bond motifs is 2. The summed E-state index contributed by atoms with van der Waals surface area (Å²) in [4.78, 5) is 17.1. The number of amides is 1. The summed E-state index contributed by atoms with van der Waals surface area (Å²) in [5.74, 6) is 1.63. The molecule has 1 heterocycles. The SMILES string of the molecule is COc1cc2c(cc1OC)C(CC(=O)Nc1cccc3cccnc13)CC2. The molecule has 1 aromatic heterocycles. The van der Waals surface area contributed by atoms with Gasteiger partial charge in [0.1, 0.15) is 0 Å². The molecule has 0 spiro atoms. The first-order valence-corrected chi connectivity index (χ1v) is 9.08. The lowest BCUT2D eigenvalue weighted by Gasteiger charge is -2.15. The molecular weight excluding hydrogens is 340 g/mol. The van der Waals surface area contributed by atoms with E-state index in [1.54, 1.807) is 20.4 Å². The maximum Gasteiger partial charge on any atom is 0.225 e. The molecule has 27 heavy (non-hydrogen) atoms. The number of carbonyl (C=O) groups is 1. The van der Waals surface area contributed by atoms with Crippen molar-refractivity contribution in [3.63, 3.8) is 0 Å². The zero-order valence-electron chi connectivity index (χ0n) is 15.5. The molecule has 0 radical (unpaired) electrons. The number of ether oxygens (including phenoxy) is 2. The number of hydrogen-bond acceptors (Lipinski definition) is 4. The van der Waals surface area contributed by atoms with Crippen LogP contribution in [-0.2, 0) is 11.2 Å². The van der Waals surface area contributed by atoms with Crippen molar-refractivity contribution >= 4 is 22.5 Å². The summed E-state index contributed by atoms with van der Waals surface area (Å²) in [6.07, 6.45) is 4.08. The van der Waals surface area contributed by atoms with Gasteiger partial charge in [-0.3, -0.25) is 9.78 Å². The van der Waals surface area contributed by atoms with Gasteiger partial charge in [0.05, 0.1) is 25.4 Å². The predicted octanol–water partition coefficient (Wildman–Crippen LogP) is 4.31. The smallest absolute Gasteiger partial charge is 0.225 e. The van der Waals surface area contributed by atoms with Crippen LogP contribution < -0.4 is 14.8 Å². The summed E-state index contributed by atoms with van der Waals surface area (Å²) in [6, 6.07) is 13.7. The van der Waals surface area contributed by atoms with E-state index in [4.69, 9.17) is 9.47 Å². The number of para-hydroxylation sites is 1. The molecule has 0 bridgehead atoms. The molecule has 1 atom stereocenters. The fourth-order valence-corrected chi connectivity index (χ4v) is 3.86. The van der Waals surface area contributed by atoms with Gasteiger partial charge < -0.3 is 14.8 Å². The molecule has 1 amide bonds. The lowest BCUT2D eigenvalue weighted by Crippen LogP contribution is -2.15. The van der Waals surface area contributed by atoms with Gasteiger partial charge in [-0.25, -0.2) is 0 Å². The molecule has 0 fully saturated rings. The fraction of sp³-hybridized carbons (Fsp3) is 0.273. The molecule has 138 valence electrons. The van der Waals surface area contributed by atoms with Crippen LogP contribution >= 0.6 is 0 Å². The van der Waals surface area contributed by atoms with E-state index < -0.39 is 0 Å². The van der Waals surface area contributed by atoms with Crippen molar-refractivity contribution < 1.29 is 14.3 Å². The fourth-order valence-electron chi connectivity index (χ4n) is 3.86. The van der Waals surface area contributed by atoms with Gasteiger partial charge in [-0.1, -0.05) is 18.2 Å². The van der Waals surface area contributed by atoms with Crippen LogP contribution in [0.4, 0.5) is 5.69 Å². The van der Waals surface area contributed by atoms with Crippen molar-refractivity contribution in [2.45, 2.75) is 25.2 Å². The minimum Gasteiger partial charge on any atom is -0.493 e. The Kier molecular flexibility index (Phi) is 4.67. The topological polar surface area (TPSA) is 60.5 Å². The van der Waals surface area contributed by atoms with E-state index in [0.29, 0.717) is 12.2 Å². The molecule has 2 aromatic carbocycles. The summed E-state index contributed by atoms with van der Waals surface area (Å²) in [5.41, 5.74) is 3.98. The number of hydrogen-bond donors (Lipinski definition) is 1. The van der Waals surface area contributed by atoms with Crippen molar-refractivity contribution in [1.82, 2.24) is 4.98 Å². The van der Waals surface area contributed by atoms with E-state index >= 15 is 0 Å². The Bertz CT molecular complexity index is 995. The van der Waals surface area contributed by atoms with E-state index in [0.717, 1.165) is 35.2 Å². The van der Waals surface area contributed by atoms with Gasteiger partial charge in [0, 0.05) is 18.0 Å². The summed E-state index contributed by atoms with van der Waals surface area (Å²) < 4.78 is 10.8. The van der Waals surface area contributed by atoms with Gasteiger partial charge in [0.15, 0.2) is 11.5 Å². The Labute approximate surface area is 158 Å². The average molecular weight is 362 g/mol. The second-order valence-corrected chi connectivity index (χ2v) is 6.77. The molecule has 0 aliphatic heterocycles. The quantitative estimate of drug-likeness (QED) is 0.735. The number of anilines is 1. The van der Waals surface area contributed by atoms with Crippen LogP contribution in [0.2, 0.25) is 0 Å². The minimum atomic E-state index is 0.000730. The lowest BCUT2D eigenvalue weighted by molar-refractivity contribution is -0.116. The molecule has 4 rings (SSSR count). The van der Waals surface area contributed by atoms with Crippen LogP contribution in [0.5, 0.6) is 11.5 Å². The molecule has 0 saturated carbocycles. The molecule has 1 N–H and O–H groups in total. The van der Waals surface area contributed by atoms with Gasteiger partial charge in [-0.05, 0) is 54.2 Å². The third-order valence-electron chi connectivity index (χ3n) is 5.19. The van der Waals surface area contributed by atoms with Crippen molar-refractivity contribution in [2.24, 2.45) is 0 Å². The number of benzene rings is 2. The van der Waals surface area contributed by atoms with Gasteiger partial charge >= 0.3 is 0 Å². The minimum absolute atomic E-state index is 0.000730. The third kappa shape index (κ3) is 3.33. The van der Waals surface area contributed by atoms with Crippen molar-refractivity contribution in [3.05, 3.63) is 59.8 Å². The van der Waals surface area contributed by atoms with Crippen molar-refractivity contribution in [2.75, 3.05) is 19.5 Å². The standard InChI is InChI=1S/C22H22N2O3/c1-26-19-11-15-8-9-16(17(15)13-20(19)27-2)12-21(25)24-18-7-3-5-14-6-4-10-23-22(14)18/h3-7,10-11,13,16H,8-9,12H2,1-2H3,(H,24,25). The second kappa shape index (κ2) is 7.27. The van der Waals surface area contributed by atoms with Crippen molar-refractivity contribution in [1.29, 1.82) is 0 Å². The summed E-state index contributed by atoms with van der Waals surface area (Å²) in [7, 11) is 3.27. The van der Waals surface area contributed by atoms with E-state index in [1.165, 1.54) is 11.1 Å². The Morgan fingerprint density at radius 3 is 2.74 bits per heavy atom. The lowest BCUT2D eigenvalue weighted by atomic mass is 9.97. The molecular formula is C22H22N2O3. The highest BCUT2D eigenvalue weighted by Crippen LogP contribution is 2.42. The van der Waals surface area contributed by atoms with Crippen LogP contribution in [0, 0.1) is 0 Å². The number of aromatic nitrogens is 1. The second-order valence-electron chi connectivity index (χ2n) is 6.77. The summed E-state index contributed by atoms with van der Waals surface area (Å²) in [5, 5.41) is 4.05. The first-order chi connectivity index (χ1) is 13.2. The predicted molar refractivity (Wildman–Crippen MR) is 106 cm³/mol. The molecule has 5 heteroatoms. The Balaban J connectivity index is 1.53. The highest BCUT2D eigenvalue weighted by Gasteiger charge is 2.27. The first-order valence-electron chi connectivity index (χ1n) is 9.08. The molecule has 1 aliphatic carbocycles. The Morgan fingerprint density at radius 2 is 1.93 bits per heavy atom. The Morgan fingerprint density at radius 1 is 1.15 bits per heavy atom. The van der Waals surface area contributed by atoms with Gasteiger partial charge in [0.2, 0.25) is 5.91 Å². The van der Waals surface area contributed by atoms with E-state index in [1.807, 2.05) is 42.5 Å². The van der Waals surface area contributed by atoms with Crippen LogP contribution in [0.15, 0.2) is 48.7 Å². The average Bonchev–Trinajstić information content (AvgIpc) is 3.08. The van der Waals surface area contributed by atoms with Crippen LogP contribution in [0.3, 0.4) is 0 Å². The number of nitrogens with one attached hydrogen (secondary N) is 1. The van der Waals surface area contributed by atoms with Crippen molar-refractivity contribution in [3.8, 4) is 11.5 Å². The van der Waals surface area contributed by atoms with Gasteiger partial charge in [-0.15, -0.1) is 0 Å². The number of carbonyl (C=O) groups excluding carboxylic acids is 1. The number of nitrogens with zero attached hydrogens (tertiary/aromatic N) is 1. The maximum atomic E-state index is 12.7. The molecule has 5 nitrogen and oxygen atoms in total. The molecule has 0 saturated heterocycles. The zero-order valence-corrected chi connectivity index (χ0v) is 15.5. The van der Waals surface area contributed by atoms with Gasteiger partial charge in [-0.2, -0.15) is 0 Å². The highest BCUT2D eigenvalue weighted by atomic mass is 16.5. The maximum absolute atomic E-state index is 12.7. The normalized spacial score (nSPS) is 15.4. The number of pyridine rings is 1. The van der Waals surface area contributed by atoms with E-state index in [9.17, 15) is 4.79 Å². The number of aryl methyl sites for hydroxylation is 1. The van der Waals surface area contributed by atoms with Crippen LogP contribution in [0.1, 0.15) is 29.9 Å². The molecule has 3 aromatic rings. The summed E-state index contributed by atoms with van der Waals surface area (Å²) in [6.45, 7) is 0. The van der Waals surface area contributed by atoms with Crippen LogP contribution in [0.25, 0.3) is 10.9 Å². The van der Waals surface area contributed by atoms with E-state index in [2.05, 4.69) is 10.3 Å². The Hall–Kier alpha value is -3.08. The molecule has 1 aliphatic rings. The summed E-state index contributed by atoms with van der Waals surface area (Å²) >= 11 is 0. The molecule has 1 unspecified atom stereocenters. The van der Waals surface area contributed by atoms with E-state index in [-0.39, 0.29) is 11.8 Å².